The molecule has 1 aromatic carbocycles. The number of carbonyl (C=O) groups is 3. The summed E-state index contributed by atoms with van der Waals surface area (Å²) < 4.78 is 0. The monoisotopic (exact) mass is 443 g/mol. The molecular weight excluding hydrogens is 418 g/mol. The van der Waals surface area contributed by atoms with E-state index in [1.807, 2.05) is 0 Å². The number of hydrogen-bond donors (Lipinski definition) is 6. The molecule has 3 aliphatic carbocycles. The van der Waals surface area contributed by atoms with Gasteiger partial charge in [0.25, 0.3) is 5.91 Å². The number of nitrogens with zero attached hydrogens (tertiary/aromatic N) is 1. The number of nitrogens with one attached hydrogen (secondary N) is 1. The van der Waals surface area contributed by atoms with Crippen LogP contribution in [0.2, 0.25) is 0 Å². The first-order valence-electron chi connectivity index (χ1n) is 10.1. The van der Waals surface area contributed by atoms with Crippen molar-refractivity contribution >= 4 is 28.9 Å². The third kappa shape index (κ3) is 2.63. The Morgan fingerprint density at radius 1 is 1.22 bits per heavy atom. The number of primary amides is 1. The Morgan fingerprint density at radius 3 is 2.44 bits per heavy atom. The van der Waals surface area contributed by atoms with Gasteiger partial charge in [-0.3, -0.25) is 19.3 Å². The molecule has 7 N–H and O–H groups in total. The van der Waals surface area contributed by atoms with E-state index in [2.05, 4.69) is 5.32 Å². The largest absolute Gasteiger partial charge is 0.508 e. The summed E-state index contributed by atoms with van der Waals surface area (Å²) in [5, 5.41) is 46.6. The predicted octanol–water partition coefficient (Wildman–Crippen LogP) is 0.00570. The number of fused-ring (bicyclic) bond motifs is 3. The van der Waals surface area contributed by atoms with Crippen LogP contribution < -0.4 is 11.1 Å². The number of phenolic OH excluding ortho intramolecular Hbond substituents is 1. The molecule has 1 aromatic rings. The number of aliphatic hydroxyl groups is 3. The lowest BCUT2D eigenvalue weighted by Crippen LogP contribution is -2.65. The molecule has 4 rings (SSSR count). The summed E-state index contributed by atoms with van der Waals surface area (Å²) >= 11 is 0. The molecule has 1 amide bonds. The second-order valence-electron chi connectivity index (χ2n) is 8.70. The van der Waals surface area contributed by atoms with E-state index in [1.165, 1.54) is 11.0 Å². The number of rotatable bonds is 3. The van der Waals surface area contributed by atoms with E-state index in [0.717, 1.165) is 0 Å². The first-order chi connectivity index (χ1) is 15.0. The highest BCUT2D eigenvalue weighted by Gasteiger charge is 2.64. The van der Waals surface area contributed by atoms with Crippen LogP contribution in [-0.4, -0.2) is 75.6 Å². The van der Waals surface area contributed by atoms with Crippen molar-refractivity contribution in [1.82, 2.24) is 4.90 Å². The molecule has 0 bridgehead atoms. The Morgan fingerprint density at radius 2 is 1.88 bits per heavy atom. The van der Waals surface area contributed by atoms with Gasteiger partial charge in [-0.1, -0.05) is 0 Å². The summed E-state index contributed by atoms with van der Waals surface area (Å²) in [5.41, 5.74) is 2.98. The van der Waals surface area contributed by atoms with Gasteiger partial charge >= 0.3 is 0 Å². The highest BCUT2D eigenvalue weighted by atomic mass is 16.3. The predicted molar refractivity (Wildman–Crippen MR) is 114 cm³/mol. The molecule has 0 heterocycles. The van der Waals surface area contributed by atoms with Crippen LogP contribution in [0.3, 0.4) is 0 Å². The number of carbonyl (C=O) groups excluding carboxylic acids is 3. The minimum atomic E-state index is -2.62. The number of benzene rings is 1. The molecule has 4 atom stereocenters. The number of aromatic hydroxyl groups is 1. The van der Waals surface area contributed by atoms with Crippen LogP contribution in [0.5, 0.6) is 5.75 Å². The zero-order valence-corrected chi connectivity index (χ0v) is 17.8. The minimum absolute atomic E-state index is 0.0601. The number of hydrogen-bond acceptors (Lipinski definition) is 9. The molecule has 32 heavy (non-hydrogen) atoms. The highest BCUT2D eigenvalue weighted by molar-refractivity contribution is 6.24. The van der Waals surface area contributed by atoms with Gasteiger partial charge in [0, 0.05) is 24.2 Å². The van der Waals surface area contributed by atoms with Crippen molar-refractivity contribution in [3.8, 4) is 5.75 Å². The van der Waals surface area contributed by atoms with Crippen LogP contribution in [0, 0.1) is 11.8 Å². The number of amides is 1. The molecular formula is C22H25N3O7. The number of Topliss-reactive ketones (excluding diaryl/α,β-unsaturated/α-hetero) is 2. The van der Waals surface area contributed by atoms with Crippen molar-refractivity contribution in [3.63, 3.8) is 0 Å². The standard InChI is InChI=1S/C22H25N3O7/c1-24-11-4-5-12(26)14-9(11)6-8-7-10-16(25(2)3)18(28)15(21(23)31)20(30)22(10,32)19(29)13(8)17(14)27/h4-5,8,10,16,24,26-27,30,32H,6-7H2,1-3H3,(H2,23,31)/t8-,10-,16-,22-/m0/s1. The zero-order chi connectivity index (χ0) is 23.7. The first kappa shape index (κ1) is 21.8. The fraction of sp³-hybridized carbons (Fsp3) is 0.409. The molecule has 0 unspecified atom stereocenters. The van der Waals surface area contributed by atoms with Gasteiger partial charge in [-0.2, -0.15) is 0 Å². The molecule has 0 saturated heterocycles. The Bertz CT molecular complexity index is 1140. The molecule has 0 aliphatic heterocycles. The maximum absolute atomic E-state index is 13.6. The van der Waals surface area contributed by atoms with Gasteiger partial charge in [0.05, 0.1) is 11.6 Å². The number of nitrogens with two attached hydrogens (primary N) is 1. The lowest BCUT2D eigenvalue weighted by Gasteiger charge is -2.50. The van der Waals surface area contributed by atoms with E-state index in [9.17, 15) is 34.8 Å². The van der Waals surface area contributed by atoms with Gasteiger partial charge in [0.2, 0.25) is 5.78 Å². The average Bonchev–Trinajstić information content (AvgIpc) is 2.70. The topological polar surface area (TPSA) is 173 Å². The van der Waals surface area contributed by atoms with E-state index in [4.69, 9.17) is 5.73 Å². The fourth-order valence-corrected chi connectivity index (χ4v) is 5.48. The lowest BCUT2D eigenvalue weighted by molar-refractivity contribution is -0.153. The maximum Gasteiger partial charge on any atom is 0.255 e. The molecule has 10 nitrogen and oxygen atoms in total. The van der Waals surface area contributed by atoms with E-state index >= 15 is 0 Å². The third-order valence-corrected chi connectivity index (χ3v) is 6.87. The van der Waals surface area contributed by atoms with Crippen LogP contribution in [-0.2, 0) is 20.8 Å². The molecule has 0 spiro atoms. The molecule has 10 heteroatoms. The van der Waals surface area contributed by atoms with Crippen LogP contribution in [0.4, 0.5) is 5.69 Å². The summed E-state index contributed by atoms with van der Waals surface area (Å²) in [5.74, 6) is -6.58. The zero-order valence-electron chi connectivity index (χ0n) is 17.8. The highest BCUT2D eigenvalue weighted by Crippen LogP contribution is 2.53. The second-order valence-corrected chi connectivity index (χ2v) is 8.70. The Hall–Kier alpha value is -3.37. The van der Waals surface area contributed by atoms with E-state index < -0.39 is 58.0 Å². The Balaban J connectivity index is 1.99. The average molecular weight is 443 g/mol. The van der Waals surface area contributed by atoms with Crippen LogP contribution in [0.15, 0.2) is 29.0 Å². The van der Waals surface area contributed by atoms with E-state index in [1.54, 1.807) is 27.2 Å². The number of anilines is 1. The molecule has 0 radical (unpaired) electrons. The summed E-state index contributed by atoms with van der Waals surface area (Å²) in [6.45, 7) is 0. The summed E-state index contributed by atoms with van der Waals surface area (Å²) in [6, 6.07) is 1.92. The van der Waals surface area contributed by atoms with Crippen LogP contribution in [0.25, 0.3) is 5.76 Å². The van der Waals surface area contributed by atoms with E-state index in [0.29, 0.717) is 11.3 Å². The third-order valence-electron chi connectivity index (χ3n) is 6.87. The Kier molecular flexibility index (Phi) is 4.83. The van der Waals surface area contributed by atoms with Gasteiger partial charge in [0.1, 0.15) is 22.8 Å². The van der Waals surface area contributed by atoms with Crippen molar-refractivity contribution < 1.29 is 34.8 Å². The van der Waals surface area contributed by atoms with Gasteiger partial charge in [-0.05, 0) is 50.6 Å². The molecule has 1 saturated carbocycles. The van der Waals surface area contributed by atoms with Crippen LogP contribution in [0.1, 0.15) is 17.5 Å². The molecule has 3 aliphatic rings. The van der Waals surface area contributed by atoms with Gasteiger partial charge < -0.3 is 31.5 Å². The maximum atomic E-state index is 13.6. The van der Waals surface area contributed by atoms with Crippen molar-refractivity contribution in [3.05, 3.63) is 40.2 Å². The quantitative estimate of drug-likeness (QED) is 0.278. The normalized spacial score (nSPS) is 29.6. The molecule has 170 valence electrons. The summed E-state index contributed by atoms with van der Waals surface area (Å²) in [6.07, 6.45) is 0.309. The first-order valence-corrected chi connectivity index (χ1v) is 10.1. The minimum Gasteiger partial charge on any atom is -0.508 e. The Labute approximate surface area is 183 Å². The van der Waals surface area contributed by atoms with Crippen molar-refractivity contribution in [2.75, 3.05) is 26.5 Å². The SMILES string of the molecule is CNc1ccc(O)c2c1C[C@H]1C[C@H]3[C@H](N(C)C)C(=O)C(C(N)=O)=C(O)[C@@]3(O)C(=O)C1=C2O. The number of ketones is 2. The summed E-state index contributed by atoms with van der Waals surface area (Å²) in [4.78, 5) is 40.0. The van der Waals surface area contributed by atoms with Crippen molar-refractivity contribution in [1.29, 1.82) is 0 Å². The van der Waals surface area contributed by atoms with Gasteiger partial charge in [-0.15, -0.1) is 0 Å². The van der Waals surface area contributed by atoms with E-state index in [-0.39, 0.29) is 29.7 Å². The van der Waals surface area contributed by atoms with Crippen molar-refractivity contribution in [2.24, 2.45) is 17.6 Å². The molecule has 0 aromatic heterocycles. The molecule has 1 fully saturated rings. The smallest absolute Gasteiger partial charge is 0.255 e. The van der Waals surface area contributed by atoms with Gasteiger partial charge in [0.15, 0.2) is 11.4 Å². The second kappa shape index (κ2) is 7.07. The van der Waals surface area contributed by atoms with Crippen LogP contribution >= 0.6 is 0 Å². The number of phenols is 1. The summed E-state index contributed by atoms with van der Waals surface area (Å²) in [7, 11) is 4.80. The lowest BCUT2D eigenvalue weighted by atomic mass is 9.57. The number of likely N-dealkylation sites (N-methyl/N-ethyl adjacent to an activating group) is 1. The van der Waals surface area contributed by atoms with Crippen molar-refractivity contribution in [2.45, 2.75) is 24.5 Å². The number of aliphatic hydroxyl groups excluding tert-OH is 2. The van der Waals surface area contributed by atoms with Gasteiger partial charge in [-0.25, -0.2) is 0 Å². The fourth-order valence-electron chi connectivity index (χ4n) is 5.48.